The van der Waals surface area contributed by atoms with Crippen LogP contribution in [-0.4, -0.2) is 5.91 Å². The normalized spacial score (nSPS) is 11.2. The number of hydrogen-bond donors (Lipinski definition) is 2. The molecule has 3 N–H and O–H groups in total. The first kappa shape index (κ1) is 15.0. The number of rotatable bonds is 3. The van der Waals surface area contributed by atoms with Crippen molar-refractivity contribution in [3.63, 3.8) is 0 Å². The lowest BCUT2D eigenvalue weighted by Gasteiger charge is -2.24. The summed E-state index contributed by atoms with van der Waals surface area (Å²) in [5.41, 5.74) is 7.32. The van der Waals surface area contributed by atoms with E-state index in [1.54, 1.807) is 57.2 Å². The van der Waals surface area contributed by atoms with E-state index in [4.69, 9.17) is 5.73 Å². The second-order valence-corrected chi connectivity index (χ2v) is 5.68. The number of halogens is 1. The van der Waals surface area contributed by atoms with Gasteiger partial charge >= 0.3 is 0 Å². The van der Waals surface area contributed by atoms with E-state index in [1.807, 2.05) is 0 Å². The van der Waals surface area contributed by atoms with Crippen LogP contribution in [0.5, 0.6) is 0 Å². The summed E-state index contributed by atoms with van der Waals surface area (Å²) in [5.74, 6) is -0.702. The molecule has 0 saturated heterocycles. The first-order valence-corrected chi connectivity index (χ1v) is 6.74. The first-order chi connectivity index (χ1) is 9.80. The van der Waals surface area contributed by atoms with Gasteiger partial charge in [0.15, 0.2) is 0 Å². The summed E-state index contributed by atoms with van der Waals surface area (Å²) in [6.45, 7) is 5.38. The minimum Gasteiger partial charge on any atom is -0.399 e. The standard InChI is InChI=1S/C17H19FN2O/c1-11-4-9-15(14(18)10-11)20-16(21)17(2,3)12-5-7-13(19)8-6-12/h4-10H,19H2,1-3H3,(H,20,21). The van der Waals surface area contributed by atoms with Crippen molar-refractivity contribution in [2.24, 2.45) is 0 Å². The second-order valence-electron chi connectivity index (χ2n) is 5.68. The SMILES string of the molecule is Cc1ccc(NC(=O)C(C)(C)c2ccc(N)cc2)c(F)c1. The number of hydrogen-bond acceptors (Lipinski definition) is 2. The predicted octanol–water partition coefficient (Wildman–Crippen LogP) is 3.63. The first-order valence-electron chi connectivity index (χ1n) is 6.74. The number of nitrogen functional groups attached to an aromatic ring is 1. The molecule has 0 radical (unpaired) electrons. The van der Waals surface area contributed by atoms with E-state index < -0.39 is 11.2 Å². The van der Waals surface area contributed by atoms with Crippen LogP contribution in [0.1, 0.15) is 25.0 Å². The van der Waals surface area contributed by atoms with Crippen LogP contribution in [0, 0.1) is 12.7 Å². The van der Waals surface area contributed by atoms with Crippen molar-refractivity contribution < 1.29 is 9.18 Å². The van der Waals surface area contributed by atoms with E-state index >= 15 is 0 Å². The van der Waals surface area contributed by atoms with Crippen LogP contribution in [0.15, 0.2) is 42.5 Å². The summed E-state index contributed by atoms with van der Waals surface area (Å²) in [5, 5.41) is 2.65. The van der Waals surface area contributed by atoms with Gasteiger partial charge in [0.2, 0.25) is 5.91 Å². The highest BCUT2D eigenvalue weighted by Gasteiger charge is 2.30. The Morgan fingerprint density at radius 2 is 1.76 bits per heavy atom. The molecule has 2 aromatic rings. The highest BCUT2D eigenvalue weighted by molar-refractivity contribution is 5.98. The molecule has 0 atom stereocenters. The van der Waals surface area contributed by atoms with Crippen LogP contribution in [0.3, 0.4) is 0 Å². The van der Waals surface area contributed by atoms with Crippen molar-refractivity contribution in [3.8, 4) is 0 Å². The molecule has 4 heteroatoms. The molecule has 0 aliphatic carbocycles. The molecule has 0 aromatic heterocycles. The number of aryl methyl sites for hydroxylation is 1. The Morgan fingerprint density at radius 1 is 1.14 bits per heavy atom. The molecule has 21 heavy (non-hydrogen) atoms. The molecular formula is C17H19FN2O. The lowest BCUT2D eigenvalue weighted by atomic mass is 9.83. The van der Waals surface area contributed by atoms with Gasteiger partial charge in [-0.25, -0.2) is 4.39 Å². The largest absolute Gasteiger partial charge is 0.399 e. The van der Waals surface area contributed by atoms with Crippen LogP contribution < -0.4 is 11.1 Å². The van der Waals surface area contributed by atoms with E-state index in [2.05, 4.69) is 5.32 Å². The molecule has 2 rings (SSSR count). The summed E-state index contributed by atoms with van der Waals surface area (Å²) in [6.07, 6.45) is 0. The number of anilines is 2. The fourth-order valence-corrected chi connectivity index (χ4v) is 2.03. The second kappa shape index (κ2) is 5.56. The van der Waals surface area contributed by atoms with E-state index in [0.29, 0.717) is 5.69 Å². The lowest BCUT2D eigenvalue weighted by molar-refractivity contribution is -0.120. The van der Waals surface area contributed by atoms with Crippen molar-refractivity contribution in [1.29, 1.82) is 0 Å². The highest BCUT2D eigenvalue weighted by Crippen LogP contribution is 2.26. The smallest absolute Gasteiger partial charge is 0.234 e. The van der Waals surface area contributed by atoms with Crippen molar-refractivity contribution in [1.82, 2.24) is 0 Å². The van der Waals surface area contributed by atoms with Crippen LogP contribution in [0.2, 0.25) is 0 Å². The van der Waals surface area contributed by atoms with Gasteiger partial charge in [0.05, 0.1) is 11.1 Å². The third-order valence-electron chi connectivity index (χ3n) is 3.57. The zero-order valence-corrected chi connectivity index (χ0v) is 12.4. The monoisotopic (exact) mass is 286 g/mol. The minimum absolute atomic E-state index is 0.189. The molecule has 0 fully saturated rings. The highest BCUT2D eigenvalue weighted by atomic mass is 19.1. The fraction of sp³-hybridized carbons (Fsp3) is 0.235. The van der Waals surface area contributed by atoms with Crippen molar-refractivity contribution in [2.75, 3.05) is 11.1 Å². The maximum absolute atomic E-state index is 13.8. The Balaban J connectivity index is 2.24. The Kier molecular flexibility index (Phi) is 3.98. The van der Waals surface area contributed by atoms with E-state index in [0.717, 1.165) is 11.1 Å². The molecule has 0 heterocycles. The molecule has 0 unspecified atom stereocenters. The number of nitrogens with two attached hydrogens (primary N) is 1. The van der Waals surface area contributed by atoms with E-state index in [9.17, 15) is 9.18 Å². The average molecular weight is 286 g/mol. The van der Waals surface area contributed by atoms with Crippen LogP contribution >= 0.6 is 0 Å². The lowest BCUT2D eigenvalue weighted by Crippen LogP contribution is -2.35. The molecule has 0 aliphatic heterocycles. The topological polar surface area (TPSA) is 55.1 Å². The Labute approximate surface area is 124 Å². The van der Waals surface area contributed by atoms with E-state index in [1.165, 1.54) is 6.07 Å². The van der Waals surface area contributed by atoms with Crippen molar-refractivity contribution >= 4 is 17.3 Å². The Hall–Kier alpha value is -2.36. The van der Waals surface area contributed by atoms with Crippen LogP contribution in [0.25, 0.3) is 0 Å². The molecule has 3 nitrogen and oxygen atoms in total. The maximum Gasteiger partial charge on any atom is 0.234 e. The summed E-state index contributed by atoms with van der Waals surface area (Å²) in [4.78, 5) is 12.4. The zero-order chi connectivity index (χ0) is 15.6. The van der Waals surface area contributed by atoms with Crippen molar-refractivity contribution in [3.05, 3.63) is 59.4 Å². The molecule has 0 saturated carbocycles. The van der Waals surface area contributed by atoms with Crippen LogP contribution in [0.4, 0.5) is 15.8 Å². The Morgan fingerprint density at radius 3 is 2.33 bits per heavy atom. The molecule has 110 valence electrons. The minimum atomic E-state index is -0.787. The number of nitrogens with one attached hydrogen (secondary N) is 1. The third-order valence-corrected chi connectivity index (χ3v) is 3.57. The van der Waals surface area contributed by atoms with Crippen molar-refractivity contribution in [2.45, 2.75) is 26.2 Å². The van der Waals surface area contributed by atoms with Gasteiger partial charge in [-0.3, -0.25) is 4.79 Å². The van der Waals surface area contributed by atoms with Gasteiger partial charge in [-0.15, -0.1) is 0 Å². The third kappa shape index (κ3) is 3.21. The fourth-order valence-electron chi connectivity index (χ4n) is 2.03. The molecular weight excluding hydrogens is 267 g/mol. The molecule has 1 amide bonds. The average Bonchev–Trinajstić information content (AvgIpc) is 2.42. The predicted molar refractivity (Wildman–Crippen MR) is 83.6 cm³/mol. The van der Waals surface area contributed by atoms with Gasteiger partial charge in [-0.05, 0) is 56.2 Å². The van der Waals surface area contributed by atoms with Gasteiger partial charge in [0.1, 0.15) is 5.82 Å². The number of carbonyl (C=O) groups excluding carboxylic acids is 1. The Bertz CT molecular complexity index is 663. The van der Waals surface area contributed by atoms with Gasteiger partial charge < -0.3 is 11.1 Å². The van der Waals surface area contributed by atoms with Gasteiger partial charge in [0, 0.05) is 5.69 Å². The number of carbonyl (C=O) groups is 1. The van der Waals surface area contributed by atoms with Crippen LogP contribution in [-0.2, 0) is 10.2 Å². The van der Waals surface area contributed by atoms with Gasteiger partial charge in [-0.1, -0.05) is 18.2 Å². The summed E-state index contributed by atoms with van der Waals surface area (Å²) < 4.78 is 13.8. The quantitative estimate of drug-likeness (QED) is 0.846. The zero-order valence-electron chi connectivity index (χ0n) is 12.4. The summed E-state index contributed by atoms with van der Waals surface area (Å²) in [7, 11) is 0. The number of amides is 1. The molecule has 2 aromatic carbocycles. The van der Waals surface area contributed by atoms with Gasteiger partial charge in [0.25, 0.3) is 0 Å². The van der Waals surface area contributed by atoms with E-state index in [-0.39, 0.29) is 11.6 Å². The maximum atomic E-state index is 13.8. The summed E-state index contributed by atoms with van der Waals surface area (Å²) in [6, 6.07) is 11.8. The molecule has 0 aliphatic rings. The molecule has 0 spiro atoms. The summed E-state index contributed by atoms with van der Waals surface area (Å²) >= 11 is 0. The number of benzene rings is 2. The van der Waals surface area contributed by atoms with Gasteiger partial charge in [-0.2, -0.15) is 0 Å². The molecule has 0 bridgehead atoms.